The molecule has 19 heavy (non-hydrogen) atoms. The number of hydrogen-bond acceptors (Lipinski definition) is 2. The quantitative estimate of drug-likeness (QED) is 0.627. The van der Waals surface area contributed by atoms with Crippen molar-refractivity contribution in [1.82, 2.24) is 4.98 Å². The van der Waals surface area contributed by atoms with Crippen molar-refractivity contribution in [2.45, 2.75) is 65.2 Å². The highest BCUT2D eigenvalue weighted by atomic mass is 19.1. The third-order valence-corrected chi connectivity index (χ3v) is 3.51. The molecule has 0 amide bonds. The molecule has 1 heterocycles. The van der Waals surface area contributed by atoms with Crippen molar-refractivity contribution in [2.75, 3.05) is 6.61 Å². The molecule has 0 saturated heterocycles. The average Bonchev–Trinajstić information content (AvgIpc) is 2.35. The van der Waals surface area contributed by atoms with Crippen molar-refractivity contribution in [1.29, 1.82) is 0 Å². The van der Waals surface area contributed by atoms with E-state index in [1.54, 1.807) is 6.20 Å². The van der Waals surface area contributed by atoms with Crippen LogP contribution in [0.1, 0.15) is 65.4 Å². The lowest BCUT2D eigenvalue weighted by molar-refractivity contribution is 0.322. The lowest BCUT2D eigenvalue weighted by Crippen LogP contribution is -2.19. The number of hydrogen-bond donors (Lipinski definition) is 0. The third kappa shape index (κ3) is 4.81. The predicted molar refractivity (Wildman–Crippen MR) is 77.1 cm³/mol. The van der Waals surface area contributed by atoms with Crippen molar-refractivity contribution in [2.24, 2.45) is 0 Å². The van der Waals surface area contributed by atoms with E-state index in [0.717, 1.165) is 12.8 Å². The van der Waals surface area contributed by atoms with Crippen LogP contribution in [0.2, 0.25) is 0 Å². The van der Waals surface area contributed by atoms with Gasteiger partial charge in [0.2, 0.25) is 5.88 Å². The maximum Gasteiger partial charge on any atom is 0.216 e. The van der Waals surface area contributed by atoms with Gasteiger partial charge in [0.1, 0.15) is 5.82 Å². The molecule has 1 rings (SSSR count). The molecule has 0 radical (unpaired) electrons. The van der Waals surface area contributed by atoms with Gasteiger partial charge in [-0.05, 0) is 18.8 Å². The molecule has 1 aromatic rings. The molecule has 2 nitrogen and oxygen atoms in total. The molecule has 3 heteroatoms. The maximum absolute atomic E-state index is 14.1. The van der Waals surface area contributed by atoms with E-state index in [1.165, 1.54) is 25.3 Å². The highest BCUT2D eigenvalue weighted by Crippen LogP contribution is 2.31. The van der Waals surface area contributed by atoms with Gasteiger partial charge in [0.15, 0.2) is 0 Å². The van der Waals surface area contributed by atoms with Gasteiger partial charge < -0.3 is 4.74 Å². The van der Waals surface area contributed by atoms with Crippen LogP contribution in [0.3, 0.4) is 0 Å². The summed E-state index contributed by atoms with van der Waals surface area (Å²) < 4.78 is 19.3. The first-order chi connectivity index (χ1) is 9.01. The Morgan fingerprint density at radius 3 is 2.53 bits per heavy atom. The van der Waals surface area contributed by atoms with Gasteiger partial charge in [-0.3, -0.25) is 0 Å². The number of pyridine rings is 1. The monoisotopic (exact) mass is 267 g/mol. The minimum atomic E-state index is -0.209. The zero-order chi connectivity index (χ0) is 14.3. The molecule has 0 N–H and O–H groups in total. The Labute approximate surface area is 116 Å². The second-order valence-corrected chi connectivity index (χ2v) is 5.63. The molecular weight excluding hydrogens is 241 g/mol. The molecule has 0 aliphatic rings. The predicted octanol–water partition coefficient (Wildman–Crippen LogP) is 4.87. The fraction of sp³-hybridized carbons (Fsp3) is 0.688. The molecule has 0 unspecified atom stereocenters. The zero-order valence-corrected chi connectivity index (χ0v) is 12.6. The van der Waals surface area contributed by atoms with Gasteiger partial charge in [-0.2, -0.15) is 0 Å². The van der Waals surface area contributed by atoms with Gasteiger partial charge in [-0.1, -0.05) is 46.5 Å². The normalized spacial score (nSPS) is 11.6. The van der Waals surface area contributed by atoms with Crippen molar-refractivity contribution in [3.8, 4) is 5.88 Å². The zero-order valence-electron chi connectivity index (χ0n) is 12.6. The number of halogens is 1. The minimum Gasteiger partial charge on any atom is -0.478 e. The summed E-state index contributed by atoms with van der Waals surface area (Å²) >= 11 is 0. The highest BCUT2D eigenvalue weighted by molar-refractivity contribution is 5.26. The molecular formula is C16H26FNO. The van der Waals surface area contributed by atoms with E-state index in [0.29, 0.717) is 18.1 Å². The van der Waals surface area contributed by atoms with Crippen LogP contribution in [-0.2, 0) is 5.41 Å². The summed E-state index contributed by atoms with van der Waals surface area (Å²) in [6, 6.07) is 1.40. The van der Waals surface area contributed by atoms with Gasteiger partial charge in [0.25, 0.3) is 0 Å². The van der Waals surface area contributed by atoms with E-state index in [-0.39, 0.29) is 11.2 Å². The van der Waals surface area contributed by atoms with Crippen molar-refractivity contribution in [3.05, 3.63) is 23.6 Å². The van der Waals surface area contributed by atoms with Gasteiger partial charge >= 0.3 is 0 Å². The molecule has 0 bridgehead atoms. The first-order valence-corrected chi connectivity index (χ1v) is 7.30. The molecule has 0 aliphatic heterocycles. The van der Waals surface area contributed by atoms with Gasteiger partial charge in [-0.15, -0.1) is 0 Å². The van der Waals surface area contributed by atoms with Crippen molar-refractivity contribution >= 4 is 0 Å². The summed E-state index contributed by atoms with van der Waals surface area (Å²) in [6.45, 7) is 8.73. The molecule has 0 spiro atoms. The first kappa shape index (κ1) is 15.9. The molecule has 0 saturated carbocycles. The van der Waals surface area contributed by atoms with Crippen LogP contribution in [0.25, 0.3) is 0 Å². The van der Waals surface area contributed by atoms with E-state index < -0.39 is 0 Å². The highest BCUT2D eigenvalue weighted by Gasteiger charge is 2.24. The van der Waals surface area contributed by atoms with E-state index in [4.69, 9.17) is 4.74 Å². The van der Waals surface area contributed by atoms with Crippen LogP contribution in [0.5, 0.6) is 5.88 Å². The number of rotatable bonds is 8. The van der Waals surface area contributed by atoms with Crippen LogP contribution >= 0.6 is 0 Å². The molecule has 1 aromatic heterocycles. The number of ether oxygens (including phenoxy) is 1. The Morgan fingerprint density at radius 2 is 1.95 bits per heavy atom. The SMILES string of the molecule is CCCCCCC(C)(C)c1cnc(OCC)cc1F. The van der Waals surface area contributed by atoms with E-state index in [1.807, 2.05) is 6.92 Å². The van der Waals surface area contributed by atoms with Crippen LogP contribution in [0, 0.1) is 5.82 Å². The van der Waals surface area contributed by atoms with E-state index >= 15 is 0 Å². The number of nitrogens with zero attached hydrogens (tertiary/aromatic N) is 1. The van der Waals surface area contributed by atoms with Gasteiger partial charge in [0, 0.05) is 17.8 Å². The summed E-state index contributed by atoms with van der Waals surface area (Å²) in [5, 5.41) is 0. The lowest BCUT2D eigenvalue weighted by Gasteiger charge is -2.25. The standard InChI is InChI=1S/C16H26FNO/c1-5-7-8-9-10-16(3,4)13-12-18-15(19-6-2)11-14(13)17/h11-12H,5-10H2,1-4H3. The fourth-order valence-corrected chi connectivity index (χ4v) is 2.27. The molecule has 0 fully saturated rings. The Hall–Kier alpha value is -1.12. The lowest BCUT2D eigenvalue weighted by atomic mass is 9.80. The number of aromatic nitrogens is 1. The summed E-state index contributed by atoms with van der Waals surface area (Å²) in [4.78, 5) is 4.18. The van der Waals surface area contributed by atoms with Crippen molar-refractivity contribution < 1.29 is 9.13 Å². The second kappa shape index (κ2) is 7.46. The van der Waals surface area contributed by atoms with Gasteiger partial charge in [-0.25, -0.2) is 9.37 Å². The Bertz CT molecular complexity index is 390. The fourth-order valence-electron chi connectivity index (χ4n) is 2.27. The molecule has 0 aromatic carbocycles. The largest absolute Gasteiger partial charge is 0.478 e. The summed E-state index contributed by atoms with van der Waals surface area (Å²) in [5.74, 6) is 0.157. The smallest absolute Gasteiger partial charge is 0.216 e. The second-order valence-electron chi connectivity index (χ2n) is 5.63. The third-order valence-electron chi connectivity index (χ3n) is 3.51. The van der Waals surface area contributed by atoms with E-state index in [2.05, 4.69) is 25.8 Å². The van der Waals surface area contributed by atoms with Crippen LogP contribution in [-0.4, -0.2) is 11.6 Å². The van der Waals surface area contributed by atoms with E-state index in [9.17, 15) is 4.39 Å². The summed E-state index contributed by atoms with van der Waals surface area (Å²) in [6.07, 6.45) is 7.43. The summed E-state index contributed by atoms with van der Waals surface area (Å²) in [5.41, 5.74) is 0.516. The van der Waals surface area contributed by atoms with Crippen LogP contribution < -0.4 is 4.74 Å². The Kier molecular flexibility index (Phi) is 6.26. The summed E-state index contributed by atoms with van der Waals surface area (Å²) in [7, 11) is 0. The molecule has 0 atom stereocenters. The van der Waals surface area contributed by atoms with Crippen LogP contribution in [0.4, 0.5) is 4.39 Å². The average molecular weight is 267 g/mol. The number of unbranched alkanes of at least 4 members (excludes halogenated alkanes) is 3. The Morgan fingerprint density at radius 1 is 1.21 bits per heavy atom. The van der Waals surface area contributed by atoms with Crippen LogP contribution in [0.15, 0.2) is 12.3 Å². The van der Waals surface area contributed by atoms with Gasteiger partial charge in [0.05, 0.1) is 6.61 Å². The Balaban J connectivity index is 2.71. The first-order valence-electron chi connectivity index (χ1n) is 7.30. The minimum absolute atomic E-state index is 0.171. The topological polar surface area (TPSA) is 22.1 Å². The molecule has 0 aliphatic carbocycles. The van der Waals surface area contributed by atoms with Crippen molar-refractivity contribution in [3.63, 3.8) is 0 Å². The maximum atomic E-state index is 14.1. The molecule has 108 valence electrons.